The van der Waals surface area contributed by atoms with Crippen molar-refractivity contribution in [2.24, 2.45) is 0 Å². The molecule has 0 radical (unpaired) electrons. The average Bonchev–Trinajstić information content (AvgIpc) is 3.22. The van der Waals surface area contributed by atoms with Gasteiger partial charge in [0.1, 0.15) is 6.54 Å². The third kappa shape index (κ3) is 3.85. The number of hydrogen-bond donors (Lipinski definition) is 1. The molecule has 0 aromatic carbocycles. The lowest BCUT2D eigenvalue weighted by Crippen LogP contribution is -2.34. The van der Waals surface area contributed by atoms with Crippen LogP contribution in [0.2, 0.25) is 0 Å². The third-order valence-corrected chi connectivity index (χ3v) is 4.26. The molecule has 1 saturated carbocycles. The molecule has 110 valence electrons. The summed E-state index contributed by atoms with van der Waals surface area (Å²) in [5, 5.41) is 3.50. The first kappa shape index (κ1) is 13.7. The van der Waals surface area contributed by atoms with E-state index in [1.807, 2.05) is 15.7 Å². The van der Waals surface area contributed by atoms with Crippen molar-refractivity contribution < 1.29 is 4.79 Å². The Labute approximate surface area is 121 Å². The monoisotopic (exact) mass is 275 g/mol. The quantitative estimate of drug-likeness (QED) is 0.894. The van der Waals surface area contributed by atoms with Crippen LogP contribution >= 0.6 is 0 Å². The number of amides is 1. The van der Waals surface area contributed by atoms with Gasteiger partial charge in [0, 0.05) is 38.1 Å². The van der Waals surface area contributed by atoms with Gasteiger partial charge in [0.05, 0.1) is 0 Å². The molecule has 20 heavy (non-hydrogen) atoms. The Bertz CT molecular complexity index is 442. The zero-order valence-electron chi connectivity index (χ0n) is 12.2. The maximum absolute atomic E-state index is 12.3. The predicted molar refractivity (Wildman–Crippen MR) is 79.3 cm³/mol. The van der Waals surface area contributed by atoms with Gasteiger partial charge in [-0.1, -0.05) is 12.8 Å². The van der Waals surface area contributed by atoms with Crippen LogP contribution in [0.1, 0.15) is 44.1 Å². The van der Waals surface area contributed by atoms with E-state index in [-0.39, 0.29) is 5.91 Å². The number of nitrogens with one attached hydrogen (secondary N) is 1. The molecule has 1 amide bonds. The second-order valence-corrected chi connectivity index (χ2v) is 6.14. The molecule has 0 spiro atoms. The minimum atomic E-state index is 0.268. The van der Waals surface area contributed by atoms with E-state index in [1.165, 1.54) is 31.2 Å². The lowest BCUT2D eigenvalue weighted by molar-refractivity contribution is -0.131. The van der Waals surface area contributed by atoms with Gasteiger partial charge in [-0.25, -0.2) is 0 Å². The molecular formula is C16H25N3O. The summed E-state index contributed by atoms with van der Waals surface area (Å²) in [6, 6.07) is 2.85. The summed E-state index contributed by atoms with van der Waals surface area (Å²) in [5.41, 5.74) is 1.28. The molecule has 2 fully saturated rings. The number of rotatable bonds is 5. The van der Waals surface area contributed by atoms with Crippen LogP contribution in [0, 0.1) is 0 Å². The fourth-order valence-electron chi connectivity index (χ4n) is 2.82. The second kappa shape index (κ2) is 6.44. The van der Waals surface area contributed by atoms with E-state index in [9.17, 15) is 4.79 Å². The topological polar surface area (TPSA) is 37.3 Å². The van der Waals surface area contributed by atoms with Crippen LogP contribution in [0.4, 0.5) is 0 Å². The number of carbonyl (C=O) groups excluding carboxylic acids is 1. The molecule has 0 unspecified atom stereocenters. The highest BCUT2D eigenvalue weighted by Crippen LogP contribution is 2.19. The standard InChI is InChI=1S/C16H25N3O/c20-16(19-8-3-1-2-4-9-19)13-18-10-7-14(12-18)11-17-15-5-6-15/h7,10,12,15,17H,1-6,8-9,11,13H2. The summed E-state index contributed by atoms with van der Waals surface area (Å²) < 4.78 is 2.02. The van der Waals surface area contributed by atoms with Crippen molar-refractivity contribution in [1.82, 2.24) is 14.8 Å². The summed E-state index contributed by atoms with van der Waals surface area (Å²) >= 11 is 0. The van der Waals surface area contributed by atoms with Gasteiger partial charge in [-0.3, -0.25) is 4.79 Å². The van der Waals surface area contributed by atoms with Crippen LogP contribution in [-0.4, -0.2) is 34.5 Å². The second-order valence-electron chi connectivity index (χ2n) is 6.14. The van der Waals surface area contributed by atoms with E-state index in [0.717, 1.165) is 38.5 Å². The lowest BCUT2D eigenvalue weighted by atomic mass is 10.2. The van der Waals surface area contributed by atoms with E-state index in [0.29, 0.717) is 6.54 Å². The fourth-order valence-corrected chi connectivity index (χ4v) is 2.82. The van der Waals surface area contributed by atoms with Crippen molar-refractivity contribution >= 4 is 5.91 Å². The number of aromatic nitrogens is 1. The van der Waals surface area contributed by atoms with Crippen LogP contribution in [0.25, 0.3) is 0 Å². The van der Waals surface area contributed by atoms with Gasteiger partial charge in [0.25, 0.3) is 0 Å². The van der Waals surface area contributed by atoms with Crippen molar-refractivity contribution in [2.45, 2.75) is 57.7 Å². The van der Waals surface area contributed by atoms with E-state index >= 15 is 0 Å². The van der Waals surface area contributed by atoms with E-state index < -0.39 is 0 Å². The van der Waals surface area contributed by atoms with Crippen molar-refractivity contribution in [3.05, 3.63) is 24.0 Å². The summed E-state index contributed by atoms with van der Waals surface area (Å²) in [4.78, 5) is 14.3. The molecule has 3 rings (SSSR count). The highest BCUT2D eigenvalue weighted by molar-refractivity contribution is 5.76. The van der Waals surface area contributed by atoms with Gasteiger partial charge in [-0.05, 0) is 37.3 Å². The first-order chi connectivity index (χ1) is 9.81. The summed E-state index contributed by atoms with van der Waals surface area (Å²) in [7, 11) is 0. The highest BCUT2D eigenvalue weighted by Gasteiger charge is 2.20. The first-order valence-corrected chi connectivity index (χ1v) is 7.97. The molecule has 1 aliphatic heterocycles. The minimum Gasteiger partial charge on any atom is -0.345 e. The van der Waals surface area contributed by atoms with Gasteiger partial charge < -0.3 is 14.8 Å². The predicted octanol–water partition coefficient (Wildman–Crippen LogP) is 2.14. The van der Waals surface area contributed by atoms with E-state index in [2.05, 4.69) is 17.6 Å². The zero-order chi connectivity index (χ0) is 13.8. The molecule has 1 saturated heterocycles. The Hall–Kier alpha value is -1.29. The molecule has 1 aromatic rings. The van der Waals surface area contributed by atoms with Gasteiger partial charge in [0.2, 0.25) is 5.91 Å². The van der Waals surface area contributed by atoms with E-state index in [4.69, 9.17) is 0 Å². The smallest absolute Gasteiger partial charge is 0.242 e. The lowest BCUT2D eigenvalue weighted by Gasteiger charge is -2.20. The first-order valence-electron chi connectivity index (χ1n) is 7.97. The molecule has 4 heteroatoms. The van der Waals surface area contributed by atoms with Crippen molar-refractivity contribution in [2.75, 3.05) is 13.1 Å². The van der Waals surface area contributed by atoms with Crippen molar-refractivity contribution in [1.29, 1.82) is 0 Å². The maximum Gasteiger partial charge on any atom is 0.242 e. The number of nitrogens with zero attached hydrogens (tertiary/aromatic N) is 2. The van der Waals surface area contributed by atoms with Crippen LogP contribution in [0.3, 0.4) is 0 Å². The Balaban J connectivity index is 1.49. The van der Waals surface area contributed by atoms with Gasteiger partial charge in [0.15, 0.2) is 0 Å². The summed E-state index contributed by atoms with van der Waals surface area (Å²) in [6.07, 6.45) is 11.6. The summed E-state index contributed by atoms with van der Waals surface area (Å²) in [6.45, 7) is 3.30. The molecule has 2 heterocycles. The van der Waals surface area contributed by atoms with Crippen LogP contribution in [0.5, 0.6) is 0 Å². The zero-order valence-corrected chi connectivity index (χ0v) is 12.2. The maximum atomic E-state index is 12.3. The fraction of sp³-hybridized carbons (Fsp3) is 0.688. The van der Waals surface area contributed by atoms with Gasteiger partial charge >= 0.3 is 0 Å². The number of hydrogen-bond acceptors (Lipinski definition) is 2. The molecule has 2 aliphatic rings. The molecule has 4 nitrogen and oxygen atoms in total. The Morgan fingerprint density at radius 1 is 1.20 bits per heavy atom. The highest BCUT2D eigenvalue weighted by atomic mass is 16.2. The Morgan fingerprint density at radius 3 is 2.65 bits per heavy atom. The molecule has 1 N–H and O–H groups in total. The molecule has 0 bridgehead atoms. The van der Waals surface area contributed by atoms with Crippen molar-refractivity contribution in [3.63, 3.8) is 0 Å². The molecular weight excluding hydrogens is 250 g/mol. The number of likely N-dealkylation sites (tertiary alicyclic amines) is 1. The Kier molecular flexibility index (Phi) is 4.41. The Morgan fingerprint density at radius 2 is 1.95 bits per heavy atom. The SMILES string of the molecule is O=C(Cn1ccc(CNC2CC2)c1)N1CCCCCC1. The van der Waals surface area contributed by atoms with Gasteiger partial charge in [-0.2, -0.15) is 0 Å². The molecule has 1 aliphatic carbocycles. The van der Waals surface area contributed by atoms with E-state index in [1.54, 1.807) is 0 Å². The van der Waals surface area contributed by atoms with Crippen LogP contribution < -0.4 is 5.32 Å². The van der Waals surface area contributed by atoms with Crippen LogP contribution in [-0.2, 0) is 17.9 Å². The van der Waals surface area contributed by atoms with Crippen LogP contribution in [0.15, 0.2) is 18.5 Å². The average molecular weight is 275 g/mol. The molecule has 1 aromatic heterocycles. The molecule has 0 atom stereocenters. The number of carbonyl (C=O) groups is 1. The normalized spacial score (nSPS) is 19.9. The van der Waals surface area contributed by atoms with Gasteiger partial charge in [-0.15, -0.1) is 0 Å². The third-order valence-electron chi connectivity index (χ3n) is 4.26. The minimum absolute atomic E-state index is 0.268. The van der Waals surface area contributed by atoms with Crippen molar-refractivity contribution in [3.8, 4) is 0 Å². The summed E-state index contributed by atoms with van der Waals surface area (Å²) in [5.74, 6) is 0.268. The largest absolute Gasteiger partial charge is 0.345 e.